The van der Waals surface area contributed by atoms with Crippen LogP contribution >= 0.6 is 0 Å². The van der Waals surface area contributed by atoms with Gasteiger partial charge in [0.25, 0.3) is 0 Å². The van der Waals surface area contributed by atoms with Crippen molar-refractivity contribution in [3.05, 3.63) is 35.5 Å². The molecule has 3 nitrogen and oxygen atoms in total. The summed E-state index contributed by atoms with van der Waals surface area (Å²) in [5, 5.41) is 1.19. The van der Waals surface area contributed by atoms with E-state index in [2.05, 4.69) is 18.0 Å². The lowest BCUT2D eigenvalue weighted by Gasteiger charge is -2.07. The van der Waals surface area contributed by atoms with Crippen molar-refractivity contribution in [2.45, 2.75) is 26.3 Å². The summed E-state index contributed by atoms with van der Waals surface area (Å²) in [5.74, 6) is 0.0305. The van der Waals surface area contributed by atoms with Crippen LogP contribution in [0.3, 0.4) is 0 Å². The van der Waals surface area contributed by atoms with E-state index < -0.39 is 6.04 Å². The van der Waals surface area contributed by atoms with E-state index in [9.17, 15) is 4.79 Å². The zero-order valence-corrected chi connectivity index (χ0v) is 9.58. The Morgan fingerprint density at radius 2 is 2.25 bits per heavy atom. The van der Waals surface area contributed by atoms with Crippen molar-refractivity contribution in [2.75, 3.05) is 0 Å². The van der Waals surface area contributed by atoms with Gasteiger partial charge in [-0.1, -0.05) is 12.1 Å². The summed E-state index contributed by atoms with van der Waals surface area (Å²) in [6.45, 7) is 3.60. The molecular formula is C13H16N2O. The highest BCUT2D eigenvalue weighted by atomic mass is 16.1. The quantitative estimate of drug-likeness (QED) is 0.823. The van der Waals surface area contributed by atoms with Crippen LogP contribution in [-0.2, 0) is 11.2 Å². The monoisotopic (exact) mass is 216 g/mol. The summed E-state index contributed by atoms with van der Waals surface area (Å²) in [5.41, 5.74) is 9.22. The van der Waals surface area contributed by atoms with Gasteiger partial charge in [-0.15, -0.1) is 0 Å². The molecule has 0 aliphatic rings. The first-order chi connectivity index (χ1) is 7.59. The van der Waals surface area contributed by atoms with Crippen LogP contribution in [-0.4, -0.2) is 16.8 Å². The average molecular weight is 216 g/mol. The first-order valence-corrected chi connectivity index (χ1v) is 5.41. The van der Waals surface area contributed by atoms with Gasteiger partial charge in [-0.3, -0.25) is 4.79 Å². The number of hydrogen-bond acceptors (Lipinski definition) is 2. The third-order valence-corrected chi connectivity index (χ3v) is 2.96. The number of carbonyl (C=O) groups excluding carboxylic acids is 1. The predicted octanol–water partition coefficient (Wildman–Crippen LogP) is 1.94. The molecule has 1 heterocycles. The molecule has 3 heteroatoms. The molecular weight excluding hydrogens is 200 g/mol. The first-order valence-electron chi connectivity index (χ1n) is 5.41. The molecule has 0 aliphatic heterocycles. The second-order valence-electron chi connectivity index (χ2n) is 4.23. The van der Waals surface area contributed by atoms with Crippen molar-refractivity contribution in [3.63, 3.8) is 0 Å². The molecule has 1 unspecified atom stereocenters. The van der Waals surface area contributed by atoms with Crippen molar-refractivity contribution < 1.29 is 4.79 Å². The molecule has 1 atom stereocenters. The second-order valence-corrected chi connectivity index (χ2v) is 4.23. The largest absolute Gasteiger partial charge is 0.361 e. The molecule has 1 aromatic heterocycles. The number of Topliss-reactive ketones (excluding diaryl/α,β-unsaturated/α-hetero) is 1. The Bertz CT molecular complexity index is 528. The van der Waals surface area contributed by atoms with Crippen molar-refractivity contribution in [3.8, 4) is 0 Å². The minimum absolute atomic E-state index is 0.0305. The Balaban J connectivity index is 2.42. The van der Waals surface area contributed by atoms with Crippen LogP contribution in [0.15, 0.2) is 24.4 Å². The van der Waals surface area contributed by atoms with E-state index in [1.54, 1.807) is 0 Å². The molecule has 1 aromatic carbocycles. The van der Waals surface area contributed by atoms with Crippen LogP contribution in [0.4, 0.5) is 0 Å². The summed E-state index contributed by atoms with van der Waals surface area (Å²) in [4.78, 5) is 14.4. The standard InChI is InChI=1S/C13H16N2O/c1-8-4-3-5-12-13(8)10(7-15-12)6-11(14)9(2)16/h3-5,7,11,15H,6,14H2,1-2H3. The third-order valence-electron chi connectivity index (χ3n) is 2.96. The van der Waals surface area contributed by atoms with Crippen LogP contribution in [0.25, 0.3) is 10.9 Å². The van der Waals surface area contributed by atoms with E-state index in [0.717, 1.165) is 11.1 Å². The Labute approximate surface area is 94.6 Å². The fourth-order valence-corrected chi connectivity index (χ4v) is 1.99. The highest BCUT2D eigenvalue weighted by Crippen LogP contribution is 2.22. The van der Waals surface area contributed by atoms with Gasteiger partial charge >= 0.3 is 0 Å². The summed E-state index contributed by atoms with van der Waals surface area (Å²) >= 11 is 0. The molecule has 0 bridgehead atoms. The van der Waals surface area contributed by atoms with E-state index in [1.165, 1.54) is 17.9 Å². The first kappa shape index (κ1) is 10.9. The summed E-state index contributed by atoms with van der Waals surface area (Å²) in [6, 6.07) is 5.71. The number of nitrogens with one attached hydrogen (secondary N) is 1. The molecule has 0 spiro atoms. The Morgan fingerprint density at radius 1 is 1.50 bits per heavy atom. The highest BCUT2D eigenvalue weighted by molar-refractivity contribution is 5.88. The molecule has 0 saturated heterocycles. The highest BCUT2D eigenvalue weighted by Gasteiger charge is 2.13. The fourth-order valence-electron chi connectivity index (χ4n) is 1.99. The van der Waals surface area contributed by atoms with Gasteiger partial charge in [0.1, 0.15) is 5.78 Å². The predicted molar refractivity (Wildman–Crippen MR) is 65.4 cm³/mol. The molecule has 0 aliphatic carbocycles. The van der Waals surface area contributed by atoms with E-state index >= 15 is 0 Å². The molecule has 0 radical (unpaired) electrons. The average Bonchev–Trinajstić information content (AvgIpc) is 2.63. The second kappa shape index (κ2) is 4.10. The van der Waals surface area contributed by atoms with Crippen LogP contribution in [0.1, 0.15) is 18.1 Å². The maximum Gasteiger partial charge on any atom is 0.146 e. The Morgan fingerprint density at radius 3 is 2.94 bits per heavy atom. The number of ketones is 1. The maximum absolute atomic E-state index is 11.2. The fraction of sp³-hybridized carbons (Fsp3) is 0.308. The van der Waals surface area contributed by atoms with E-state index in [1.807, 2.05) is 18.3 Å². The summed E-state index contributed by atoms with van der Waals surface area (Å²) in [7, 11) is 0. The Hall–Kier alpha value is -1.61. The number of nitrogens with two attached hydrogens (primary N) is 1. The van der Waals surface area contributed by atoms with Crippen molar-refractivity contribution in [2.24, 2.45) is 5.73 Å². The molecule has 2 rings (SSSR count). The van der Waals surface area contributed by atoms with Crippen molar-refractivity contribution >= 4 is 16.7 Å². The van der Waals surface area contributed by atoms with Gasteiger partial charge in [-0.05, 0) is 37.5 Å². The number of aromatic nitrogens is 1. The summed E-state index contributed by atoms with van der Waals surface area (Å²) in [6.07, 6.45) is 2.54. The minimum Gasteiger partial charge on any atom is -0.361 e. The molecule has 0 amide bonds. The van der Waals surface area contributed by atoms with Crippen LogP contribution in [0, 0.1) is 6.92 Å². The molecule has 16 heavy (non-hydrogen) atoms. The van der Waals surface area contributed by atoms with Crippen LogP contribution < -0.4 is 5.73 Å². The molecule has 0 saturated carbocycles. The lowest BCUT2D eigenvalue weighted by Crippen LogP contribution is -2.30. The smallest absolute Gasteiger partial charge is 0.146 e. The van der Waals surface area contributed by atoms with Crippen molar-refractivity contribution in [1.29, 1.82) is 0 Å². The minimum atomic E-state index is -0.404. The van der Waals surface area contributed by atoms with E-state index in [4.69, 9.17) is 5.73 Å². The van der Waals surface area contributed by atoms with Crippen LogP contribution in [0.5, 0.6) is 0 Å². The number of fused-ring (bicyclic) bond motifs is 1. The molecule has 0 fully saturated rings. The zero-order valence-electron chi connectivity index (χ0n) is 9.58. The third kappa shape index (κ3) is 1.86. The Kier molecular flexibility index (Phi) is 2.79. The maximum atomic E-state index is 11.2. The normalized spacial score (nSPS) is 12.9. The van der Waals surface area contributed by atoms with Gasteiger partial charge in [-0.25, -0.2) is 0 Å². The number of carbonyl (C=O) groups is 1. The van der Waals surface area contributed by atoms with Gasteiger partial charge < -0.3 is 10.7 Å². The number of hydrogen-bond donors (Lipinski definition) is 2. The molecule has 2 aromatic rings. The van der Waals surface area contributed by atoms with Gasteiger partial charge in [0.15, 0.2) is 0 Å². The SMILES string of the molecule is CC(=O)C(N)Cc1c[nH]c2cccc(C)c12. The van der Waals surface area contributed by atoms with Gasteiger partial charge in [-0.2, -0.15) is 0 Å². The number of H-pyrrole nitrogens is 1. The van der Waals surface area contributed by atoms with E-state index in [0.29, 0.717) is 6.42 Å². The topological polar surface area (TPSA) is 58.9 Å². The van der Waals surface area contributed by atoms with Gasteiger partial charge in [0.2, 0.25) is 0 Å². The van der Waals surface area contributed by atoms with Gasteiger partial charge in [0.05, 0.1) is 6.04 Å². The zero-order chi connectivity index (χ0) is 11.7. The molecule has 84 valence electrons. The lowest BCUT2D eigenvalue weighted by molar-refractivity contribution is -0.118. The van der Waals surface area contributed by atoms with Gasteiger partial charge in [0, 0.05) is 17.1 Å². The number of aryl methyl sites for hydroxylation is 1. The van der Waals surface area contributed by atoms with Crippen molar-refractivity contribution in [1.82, 2.24) is 4.98 Å². The summed E-state index contributed by atoms with van der Waals surface area (Å²) < 4.78 is 0. The number of aromatic amines is 1. The number of rotatable bonds is 3. The van der Waals surface area contributed by atoms with E-state index in [-0.39, 0.29) is 5.78 Å². The molecule has 3 N–H and O–H groups in total. The van der Waals surface area contributed by atoms with Crippen LogP contribution in [0.2, 0.25) is 0 Å². The number of benzene rings is 1. The lowest BCUT2D eigenvalue weighted by atomic mass is 10.0.